The number of rotatable bonds is 4. The number of nitrogens with two attached hydrogens (primary N) is 1. The lowest BCUT2D eigenvalue weighted by atomic mass is 10.2. The molecule has 0 aromatic rings. The fourth-order valence-electron chi connectivity index (χ4n) is 2.23. The fourth-order valence-corrected chi connectivity index (χ4v) is 2.23. The SMILES string of the molecule is NC(CCO)CN1CC2CC2C1. The summed E-state index contributed by atoms with van der Waals surface area (Å²) in [6, 6.07) is 0.174. The molecule has 3 atom stereocenters. The van der Waals surface area contributed by atoms with E-state index in [0.717, 1.165) is 24.8 Å². The van der Waals surface area contributed by atoms with E-state index in [2.05, 4.69) is 4.90 Å². The molecule has 1 saturated carbocycles. The minimum Gasteiger partial charge on any atom is -0.396 e. The number of hydrogen-bond donors (Lipinski definition) is 2. The monoisotopic (exact) mass is 170 g/mol. The summed E-state index contributed by atoms with van der Waals surface area (Å²) < 4.78 is 0. The van der Waals surface area contributed by atoms with Gasteiger partial charge in [0.1, 0.15) is 0 Å². The van der Waals surface area contributed by atoms with Crippen molar-refractivity contribution in [2.24, 2.45) is 17.6 Å². The van der Waals surface area contributed by atoms with Gasteiger partial charge >= 0.3 is 0 Å². The quantitative estimate of drug-likeness (QED) is 0.606. The second kappa shape index (κ2) is 3.32. The van der Waals surface area contributed by atoms with E-state index in [1.807, 2.05) is 0 Å². The zero-order chi connectivity index (χ0) is 8.55. The molecule has 3 unspecified atom stereocenters. The summed E-state index contributed by atoms with van der Waals surface area (Å²) in [5, 5.41) is 8.67. The van der Waals surface area contributed by atoms with Crippen molar-refractivity contribution in [1.82, 2.24) is 4.90 Å². The minimum atomic E-state index is 0.174. The minimum absolute atomic E-state index is 0.174. The topological polar surface area (TPSA) is 49.5 Å². The van der Waals surface area contributed by atoms with Crippen molar-refractivity contribution in [3.63, 3.8) is 0 Å². The van der Waals surface area contributed by atoms with Crippen LogP contribution >= 0.6 is 0 Å². The molecule has 0 amide bonds. The Hall–Kier alpha value is -0.120. The summed E-state index contributed by atoms with van der Waals surface area (Å²) in [7, 11) is 0. The van der Waals surface area contributed by atoms with Gasteiger partial charge in [-0.15, -0.1) is 0 Å². The summed E-state index contributed by atoms with van der Waals surface area (Å²) in [6.45, 7) is 3.71. The number of fused-ring (bicyclic) bond motifs is 1. The van der Waals surface area contributed by atoms with Crippen molar-refractivity contribution >= 4 is 0 Å². The van der Waals surface area contributed by atoms with E-state index < -0.39 is 0 Å². The van der Waals surface area contributed by atoms with Gasteiger partial charge in [0.25, 0.3) is 0 Å². The first-order valence-electron chi connectivity index (χ1n) is 4.88. The first kappa shape index (κ1) is 8.48. The van der Waals surface area contributed by atoms with Gasteiger partial charge in [-0.1, -0.05) is 0 Å². The van der Waals surface area contributed by atoms with Crippen LogP contribution in [0.2, 0.25) is 0 Å². The molecular formula is C9H18N2O. The van der Waals surface area contributed by atoms with Crippen LogP contribution in [0.25, 0.3) is 0 Å². The number of aliphatic hydroxyl groups excluding tert-OH is 1. The molecule has 70 valence electrons. The number of likely N-dealkylation sites (tertiary alicyclic amines) is 1. The van der Waals surface area contributed by atoms with Crippen LogP contribution < -0.4 is 5.73 Å². The van der Waals surface area contributed by atoms with E-state index in [1.165, 1.54) is 19.5 Å². The first-order chi connectivity index (χ1) is 5.79. The van der Waals surface area contributed by atoms with E-state index >= 15 is 0 Å². The van der Waals surface area contributed by atoms with E-state index in [-0.39, 0.29) is 12.6 Å². The molecule has 2 aliphatic rings. The zero-order valence-electron chi connectivity index (χ0n) is 7.45. The molecule has 0 spiro atoms. The molecule has 1 saturated heterocycles. The van der Waals surface area contributed by atoms with E-state index in [1.54, 1.807) is 0 Å². The second-order valence-corrected chi connectivity index (χ2v) is 4.25. The van der Waals surface area contributed by atoms with Crippen LogP contribution in [0, 0.1) is 11.8 Å². The highest BCUT2D eigenvalue weighted by Crippen LogP contribution is 2.44. The number of nitrogens with zero attached hydrogens (tertiary/aromatic N) is 1. The number of piperidine rings is 1. The van der Waals surface area contributed by atoms with Crippen LogP contribution in [-0.4, -0.2) is 42.3 Å². The smallest absolute Gasteiger partial charge is 0.0446 e. The Bertz CT molecular complexity index is 153. The molecule has 0 aromatic carbocycles. The standard InChI is InChI=1S/C9H18N2O/c10-9(1-2-12)6-11-4-7-3-8(7)5-11/h7-9,12H,1-6,10H2. The molecule has 1 aliphatic heterocycles. The molecule has 0 radical (unpaired) electrons. The molecular weight excluding hydrogens is 152 g/mol. The number of hydrogen-bond acceptors (Lipinski definition) is 3. The molecule has 3 nitrogen and oxygen atoms in total. The molecule has 3 N–H and O–H groups in total. The summed E-state index contributed by atoms with van der Waals surface area (Å²) in [5.41, 5.74) is 5.82. The lowest BCUT2D eigenvalue weighted by molar-refractivity contribution is 0.237. The molecule has 2 rings (SSSR count). The summed E-state index contributed by atoms with van der Waals surface area (Å²) in [5.74, 6) is 1.98. The Balaban J connectivity index is 1.66. The summed E-state index contributed by atoms with van der Waals surface area (Å²) in [4.78, 5) is 2.44. The average Bonchev–Trinajstić information content (AvgIpc) is 2.60. The van der Waals surface area contributed by atoms with Gasteiger partial charge < -0.3 is 15.7 Å². The normalized spacial score (nSPS) is 36.5. The molecule has 0 aromatic heterocycles. The highest BCUT2D eigenvalue weighted by Gasteiger charge is 2.44. The van der Waals surface area contributed by atoms with Crippen molar-refractivity contribution in [2.75, 3.05) is 26.2 Å². The van der Waals surface area contributed by atoms with Crippen molar-refractivity contribution in [3.8, 4) is 0 Å². The Kier molecular flexibility index (Phi) is 2.35. The van der Waals surface area contributed by atoms with Crippen molar-refractivity contribution in [3.05, 3.63) is 0 Å². The Morgan fingerprint density at radius 2 is 2.08 bits per heavy atom. The third-order valence-corrected chi connectivity index (χ3v) is 3.05. The fraction of sp³-hybridized carbons (Fsp3) is 1.00. The zero-order valence-corrected chi connectivity index (χ0v) is 7.45. The van der Waals surface area contributed by atoms with Crippen LogP contribution in [-0.2, 0) is 0 Å². The Labute approximate surface area is 73.5 Å². The van der Waals surface area contributed by atoms with Crippen molar-refractivity contribution in [1.29, 1.82) is 0 Å². The van der Waals surface area contributed by atoms with E-state index in [4.69, 9.17) is 10.8 Å². The molecule has 12 heavy (non-hydrogen) atoms. The second-order valence-electron chi connectivity index (χ2n) is 4.25. The summed E-state index contributed by atoms with van der Waals surface area (Å²) >= 11 is 0. The molecule has 1 aliphatic carbocycles. The number of aliphatic hydroxyl groups is 1. The highest BCUT2D eigenvalue weighted by molar-refractivity contribution is 4.97. The van der Waals surface area contributed by atoms with E-state index in [0.29, 0.717) is 0 Å². The summed E-state index contributed by atoms with van der Waals surface area (Å²) in [6.07, 6.45) is 2.19. The molecule has 0 bridgehead atoms. The van der Waals surface area contributed by atoms with Gasteiger partial charge in [-0.05, 0) is 24.7 Å². The lowest BCUT2D eigenvalue weighted by Crippen LogP contribution is -2.37. The van der Waals surface area contributed by atoms with Gasteiger partial charge in [0.2, 0.25) is 0 Å². The van der Waals surface area contributed by atoms with Crippen molar-refractivity contribution in [2.45, 2.75) is 18.9 Å². The lowest BCUT2D eigenvalue weighted by Gasteiger charge is -2.21. The van der Waals surface area contributed by atoms with Gasteiger partial charge in [0.05, 0.1) is 0 Å². The first-order valence-corrected chi connectivity index (χ1v) is 4.88. The Morgan fingerprint density at radius 3 is 2.67 bits per heavy atom. The van der Waals surface area contributed by atoms with Crippen molar-refractivity contribution < 1.29 is 5.11 Å². The molecule has 2 fully saturated rings. The molecule has 3 heteroatoms. The van der Waals surface area contributed by atoms with Gasteiger partial charge in [-0.25, -0.2) is 0 Å². The predicted octanol–water partition coefficient (Wildman–Crippen LogP) is -0.352. The maximum Gasteiger partial charge on any atom is 0.0446 e. The highest BCUT2D eigenvalue weighted by atomic mass is 16.3. The van der Waals surface area contributed by atoms with Crippen LogP contribution in [0.3, 0.4) is 0 Å². The predicted molar refractivity (Wildman–Crippen MR) is 47.7 cm³/mol. The van der Waals surface area contributed by atoms with Crippen LogP contribution in [0.5, 0.6) is 0 Å². The maximum absolute atomic E-state index is 8.67. The average molecular weight is 170 g/mol. The third kappa shape index (κ3) is 1.79. The van der Waals surface area contributed by atoms with Crippen LogP contribution in [0.15, 0.2) is 0 Å². The third-order valence-electron chi connectivity index (χ3n) is 3.05. The molecule has 1 heterocycles. The van der Waals surface area contributed by atoms with Gasteiger partial charge in [-0.2, -0.15) is 0 Å². The van der Waals surface area contributed by atoms with Crippen LogP contribution in [0.1, 0.15) is 12.8 Å². The van der Waals surface area contributed by atoms with Crippen LogP contribution in [0.4, 0.5) is 0 Å². The Morgan fingerprint density at radius 1 is 1.42 bits per heavy atom. The van der Waals surface area contributed by atoms with Gasteiger partial charge in [0, 0.05) is 32.3 Å². The maximum atomic E-state index is 8.67. The van der Waals surface area contributed by atoms with Gasteiger partial charge in [0.15, 0.2) is 0 Å². The largest absolute Gasteiger partial charge is 0.396 e. The van der Waals surface area contributed by atoms with Gasteiger partial charge in [-0.3, -0.25) is 0 Å². The van der Waals surface area contributed by atoms with E-state index in [9.17, 15) is 0 Å².